The molecule has 0 saturated heterocycles. The number of aliphatic hydroxyl groups is 3. The number of carboxylic acid groups (broad SMARTS) is 3. The van der Waals surface area contributed by atoms with Gasteiger partial charge in [0.05, 0.1) is 60.8 Å². The maximum absolute atomic E-state index is 13.6. The zero-order valence-corrected chi connectivity index (χ0v) is 63.0. The molecule has 0 spiro atoms. The van der Waals surface area contributed by atoms with Crippen LogP contribution in [0.3, 0.4) is 0 Å². The van der Waals surface area contributed by atoms with Crippen molar-refractivity contribution in [3.05, 3.63) is 132 Å². The van der Waals surface area contributed by atoms with Gasteiger partial charge >= 0.3 is 17.9 Å². The smallest absolute Gasteiger partial charge is 0.317 e. The molecule has 0 aliphatic heterocycles. The Balaban J connectivity index is 0.720. The van der Waals surface area contributed by atoms with Gasteiger partial charge in [-0.05, 0) is 63.3 Å². The normalized spacial score (nSPS) is 12.1. The van der Waals surface area contributed by atoms with Crippen molar-refractivity contribution < 1.29 is 89.1 Å². The first-order chi connectivity index (χ1) is 53.1. The molecule has 8 aromatic heterocycles. The summed E-state index contributed by atoms with van der Waals surface area (Å²) in [6.45, 7) is -0.115. The quantitative estimate of drug-likeness (QED) is 0.0143. The Morgan fingerprint density at radius 1 is 0.438 bits per heavy atom. The number of aromatic nitrogens is 11. The van der Waals surface area contributed by atoms with Crippen molar-refractivity contribution in [2.24, 2.45) is 71.4 Å². The van der Waals surface area contributed by atoms with E-state index in [1.807, 2.05) is 11.9 Å². The van der Waals surface area contributed by atoms with E-state index in [2.05, 4.69) is 78.2 Å². The summed E-state index contributed by atoms with van der Waals surface area (Å²) in [7, 11) is 14.7. The van der Waals surface area contributed by atoms with Crippen LogP contribution in [0.2, 0.25) is 0 Å². The maximum Gasteiger partial charge on any atom is 0.317 e. The third kappa shape index (κ3) is 24.0. The number of hydrogen-bond acceptors (Lipinski definition) is 20. The van der Waals surface area contributed by atoms with E-state index in [-0.39, 0.29) is 139 Å². The van der Waals surface area contributed by atoms with Crippen LogP contribution in [0, 0.1) is 0 Å². The molecule has 0 saturated carbocycles. The van der Waals surface area contributed by atoms with Gasteiger partial charge < -0.3 is 120 Å². The number of nitrogens with one attached hydrogen (secondary N) is 8. The summed E-state index contributed by atoms with van der Waals surface area (Å²) in [6.07, 6.45) is 14.9. The lowest BCUT2D eigenvalue weighted by molar-refractivity contribution is -0.399. The van der Waals surface area contributed by atoms with Crippen molar-refractivity contribution in [1.82, 2.24) is 76.8 Å². The van der Waals surface area contributed by atoms with E-state index < -0.39 is 96.7 Å². The van der Waals surface area contributed by atoms with Crippen molar-refractivity contribution in [3.63, 3.8) is 0 Å². The first-order valence-electron chi connectivity index (χ1n) is 34.7. The van der Waals surface area contributed by atoms with E-state index in [1.165, 1.54) is 109 Å². The summed E-state index contributed by atoms with van der Waals surface area (Å²) in [5.74, 6) is -8.91. The monoisotopic (exact) mass is 1560 g/mol. The molecule has 598 valence electrons. The van der Waals surface area contributed by atoms with Crippen LogP contribution in [-0.4, -0.2) is 271 Å². The number of aliphatic carboxylic acids is 3. The summed E-state index contributed by atoms with van der Waals surface area (Å²) >= 11 is 0. The maximum atomic E-state index is 13.6. The predicted molar refractivity (Wildman–Crippen MR) is 407 cm³/mol. The lowest BCUT2D eigenvalue weighted by Crippen LogP contribution is -2.65. The average molecular weight is 1560 g/mol. The number of amides is 8. The minimum atomic E-state index is -1.24. The topological polar surface area (TPSA) is 558 Å². The molecule has 112 heavy (non-hydrogen) atoms. The molecule has 0 aliphatic rings. The summed E-state index contributed by atoms with van der Waals surface area (Å²) in [5, 5.41) is 81.0. The van der Waals surface area contributed by atoms with Gasteiger partial charge in [-0.1, -0.05) is 0 Å². The minimum absolute atomic E-state index is 0.0187. The van der Waals surface area contributed by atoms with Crippen LogP contribution in [0.25, 0.3) is 0 Å². The van der Waals surface area contributed by atoms with Crippen LogP contribution in [0.1, 0.15) is 110 Å². The van der Waals surface area contributed by atoms with E-state index in [0.29, 0.717) is 43.9 Å². The van der Waals surface area contributed by atoms with Crippen LogP contribution in [-0.2, 0) is 70.8 Å². The molecule has 17 N–H and O–H groups in total. The number of imidazole rings is 3. The molecule has 8 rings (SSSR count). The number of aryl methyl sites for hydroxylation is 8. The van der Waals surface area contributed by atoms with Gasteiger partial charge in [0.25, 0.3) is 47.3 Å². The Labute approximate surface area is 639 Å². The largest absolute Gasteiger partial charge is 0.497 e. The fourth-order valence-electron chi connectivity index (χ4n) is 11.5. The van der Waals surface area contributed by atoms with Gasteiger partial charge in [-0.2, -0.15) is 4.99 Å². The van der Waals surface area contributed by atoms with Crippen molar-refractivity contribution >= 4 is 123 Å². The second-order valence-electron chi connectivity index (χ2n) is 26.2. The number of aliphatic imine (C=N–C) groups is 3. The second kappa shape index (κ2) is 38.5. The summed E-state index contributed by atoms with van der Waals surface area (Å²) in [6, 6.07) is 6.46. The molecule has 0 fully saturated rings. The van der Waals surface area contributed by atoms with Gasteiger partial charge in [0.2, 0.25) is 17.5 Å². The van der Waals surface area contributed by atoms with Gasteiger partial charge in [-0.15, -0.1) is 0 Å². The van der Waals surface area contributed by atoms with E-state index in [4.69, 9.17) is 10.2 Å². The van der Waals surface area contributed by atoms with Crippen molar-refractivity contribution in [2.75, 3.05) is 117 Å². The molecule has 0 aliphatic carbocycles. The van der Waals surface area contributed by atoms with Crippen LogP contribution in [0.15, 0.2) is 101 Å². The molecule has 0 bridgehead atoms. The van der Waals surface area contributed by atoms with Gasteiger partial charge in [0, 0.05) is 158 Å². The van der Waals surface area contributed by atoms with E-state index in [9.17, 15) is 73.2 Å². The second-order valence-corrected chi connectivity index (χ2v) is 26.2. The number of aliphatic hydroxyl groups excluding tert-OH is 3. The Kier molecular flexibility index (Phi) is 28.9. The molecule has 43 heteroatoms. The third-order valence-electron chi connectivity index (χ3n) is 17.1. The zero-order valence-electron chi connectivity index (χ0n) is 63.0. The van der Waals surface area contributed by atoms with E-state index >= 15 is 0 Å². The van der Waals surface area contributed by atoms with Crippen molar-refractivity contribution in [3.8, 4) is 0 Å². The van der Waals surface area contributed by atoms with Crippen molar-refractivity contribution in [1.29, 1.82) is 0 Å². The Morgan fingerprint density at radius 2 is 0.821 bits per heavy atom. The highest BCUT2D eigenvalue weighted by Crippen LogP contribution is 2.23. The molecule has 8 amide bonds. The molecule has 0 radical (unpaired) electrons. The number of rotatable bonds is 41. The Bertz CT molecular complexity index is 4880. The number of carboxylic acids is 3. The number of hydrogen-bond donors (Lipinski definition) is 15. The third-order valence-corrected chi connectivity index (χ3v) is 17.1. The lowest BCUT2D eigenvalue weighted by Gasteiger charge is -2.24. The molecular formula is C69H91N26O17+. The molecule has 1 atom stereocenters. The van der Waals surface area contributed by atoms with Gasteiger partial charge in [-0.3, -0.25) is 72.5 Å². The fourth-order valence-corrected chi connectivity index (χ4v) is 11.5. The highest BCUT2D eigenvalue weighted by molar-refractivity contribution is 6.10. The van der Waals surface area contributed by atoms with Crippen LogP contribution in [0.5, 0.6) is 0 Å². The van der Waals surface area contributed by atoms with Crippen LogP contribution >= 0.6 is 0 Å². The number of nitrogens with zero attached hydrogens (tertiary/aromatic N) is 17. The predicted octanol–water partition coefficient (Wildman–Crippen LogP) is 0.715. The van der Waals surface area contributed by atoms with E-state index in [1.54, 1.807) is 75.0 Å². The van der Waals surface area contributed by atoms with Gasteiger partial charge in [-0.25, -0.2) is 15.0 Å². The standard InChI is InChI=1S/C69H90N26O17/c1-85(20-11-15-72-54(97)36-94(37-55(98)99)22-23-95(38-56(100)101)39-57(102)103)19-10-14-71-53(96)13-17-75-63(106)47-25-41(30-88(47)4)76-64(107)48-26-42(31-89(48)5)78-66(109)50-28-43(32-91(50)7)79-68(111)59-81-51(34-92(59)8)83-61(104)45(70)12-16-74-62(105)46-24-40(29-87(46)3)77-65(108)49-27-44(33-90(49)6)80-69(112)60-82-52(35-93(60)9)84-67(110)58-73-18-21-86(58)2/h18,21,24-35,45H,10-17,19-20,22-23,36-39,70H2,1-9H3,(H,71,96)(H,72,97)(H,74,105)(H,75,106)(H,76,107)(H,77,108)(H,78,109)(H,79,111)(H,80,112)(H,83,104)(H,84,110)(H,98,99)(H,100,101)(H,102,103)/p+1/t45-/m0/s1. The minimum Gasteiger partial charge on any atom is -0.497 e. The Morgan fingerprint density at radius 3 is 1.25 bits per heavy atom. The van der Waals surface area contributed by atoms with Gasteiger partial charge in [0.1, 0.15) is 28.5 Å². The number of carbonyl (C=O) groups excluding carboxylic acids is 8. The first-order valence-corrected chi connectivity index (χ1v) is 34.7. The summed E-state index contributed by atoms with van der Waals surface area (Å²) in [5.41, 5.74) is 6.19. The molecule has 0 aromatic carbocycles. The zero-order chi connectivity index (χ0) is 81.8. The van der Waals surface area contributed by atoms with Crippen molar-refractivity contribution in [2.45, 2.75) is 31.7 Å². The summed E-state index contributed by atoms with van der Waals surface area (Å²) in [4.78, 5) is 170. The lowest BCUT2D eigenvalue weighted by atomic mass is 10.2. The SMILES string of the molecule is CN(CCCN=C(O)CCNC(=O)c1cc(NC(=O)c2cc(NC(=O)c3cc(NC(=O)c4nc(N=C(O)[C@@H]([NH3+])CCNC(=O)c5cc(NC(=O)c6cc(NC(=O)c7nc(NC(=O)c8nccn8C)cn7C)cn6C)cn5C)cn4C)cn3C)cn2C)cn1C)CCCN=C(O)CN(CCN(CC(=O)O)CC(=O)O)CC(=O)O. The van der Waals surface area contributed by atoms with Crippen LogP contribution < -0.4 is 48.3 Å². The molecule has 8 aromatic rings. The molecule has 0 unspecified atom stereocenters. The molecule has 8 heterocycles. The van der Waals surface area contributed by atoms with Crippen LogP contribution in [0.4, 0.5) is 40.1 Å². The fraction of sp³-hybridized carbons (Fsp3) is 0.377. The number of anilines is 6. The number of quaternary nitrogens is 1. The Hall–Kier alpha value is -13.5. The first kappa shape index (κ1) is 84.1. The average Bonchev–Trinajstić information content (AvgIpc) is 1.68. The summed E-state index contributed by atoms with van der Waals surface area (Å²) < 4.78 is 11.9. The van der Waals surface area contributed by atoms with E-state index in [0.717, 1.165) is 4.90 Å². The highest BCUT2D eigenvalue weighted by atomic mass is 16.4. The van der Waals surface area contributed by atoms with Gasteiger partial charge in [0.15, 0.2) is 35.3 Å². The molecule has 43 nitrogen and oxygen atoms in total. The number of carbonyl (C=O) groups is 11. The highest BCUT2D eigenvalue weighted by Gasteiger charge is 2.26. The molecular weight excluding hydrogens is 1460 g/mol.